The lowest BCUT2D eigenvalue weighted by molar-refractivity contribution is 0.239. The molecule has 5 nitrogen and oxygen atoms in total. The second-order valence-corrected chi connectivity index (χ2v) is 7.07. The zero-order valence-corrected chi connectivity index (χ0v) is 15.5. The third-order valence-corrected chi connectivity index (χ3v) is 5.01. The predicted octanol–water partition coefficient (Wildman–Crippen LogP) is 3.79. The fourth-order valence-corrected chi connectivity index (χ4v) is 3.60. The number of aryl methyl sites for hydroxylation is 2. The van der Waals surface area contributed by atoms with Gasteiger partial charge in [-0.25, -0.2) is 9.18 Å². The monoisotopic (exact) mass is 372 g/mol. The summed E-state index contributed by atoms with van der Waals surface area (Å²) in [6.07, 6.45) is 0. The first-order valence-corrected chi connectivity index (χ1v) is 9.23. The van der Waals surface area contributed by atoms with E-state index in [-0.39, 0.29) is 17.9 Å². The van der Waals surface area contributed by atoms with Crippen LogP contribution in [0.5, 0.6) is 0 Å². The predicted molar refractivity (Wildman–Crippen MR) is 101 cm³/mol. The highest BCUT2D eigenvalue weighted by molar-refractivity contribution is 7.10. The van der Waals surface area contributed by atoms with Crippen LogP contribution in [-0.2, 0) is 6.54 Å². The molecular weight excluding hydrogens is 351 g/mol. The summed E-state index contributed by atoms with van der Waals surface area (Å²) >= 11 is 1.64. The largest absolute Gasteiger partial charge is 0.336 e. The molecule has 0 saturated heterocycles. The molecule has 0 bridgehead atoms. The van der Waals surface area contributed by atoms with Crippen LogP contribution in [0.15, 0.2) is 47.8 Å². The lowest BCUT2D eigenvalue weighted by atomic mass is 10.2. The Balaban J connectivity index is 1.61. The van der Waals surface area contributed by atoms with Crippen LogP contribution in [-0.4, -0.2) is 22.4 Å². The van der Waals surface area contributed by atoms with Gasteiger partial charge in [-0.15, -0.1) is 11.3 Å². The van der Waals surface area contributed by atoms with Crippen LogP contribution in [0.4, 0.5) is 9.18 Å². The van der Waals surface area contributed by atoms with Crippen molar-refractivity contribution in [3.63, 3.8) is 0 Å². The molecular formula is C19H21FN4OS. The maximum absolute atomic E-state index is 12.9. The van der Waals surface area contributed by atoms with Gasteiger partial charge in [-0.3, -0.25) is 4.68 Å². The quantitative estimate of drug-likeness (QED) is 0.692. The standard InChI is InChI=1S/C19H21FN4OS/c1-13-10-14(2)24(23-13)17(18-4-3-9-26-18)12-22-19(25)21-11-15-5-7-16(20)8-6-15/h3-10,17H,11-12H2,1-2H3,(H2,21,22,25). The van der Waals surface area contributed by atoms with Gasteiger partial charge in [0.1, 0.15) is 11.9 Å². The van der Waals surface area contributed by atoms with Gasteiger partial charge in [0.05, 0.1) is 5.69 Å². The maximum Gasteiger partial charge on any atom is 0.315 e. The van der Waals surface area contributed by atoms with Crippen molar-refractivity contribution in [2.75, 3.05) is 6.54 Å². The Kier molecular flexibility index (Phi) is 5.68. The number of hydrogen-bond acceptors (Lipinski definition) is 3. The van der Waals surface area contributed by atoms with E-state index in [0.717, 1.165) is 21.8 Å². The number of carbonyl (C=O) groups excluding carboxylic acids is 1. The number of hydrogen-bond donors (Lipinski definition) is 2. The van der Waals surface area contributed by atoms with Crippen LogP contribution in [0.1, 0.15) is 27.9 Å². The molecule has 1 unspecified atom stereocenters. The molecule has 1 aromatic carbocycles. The average Bonchev–Trinajstić information content (AvgIpc) is 3.25. The molecule has 0 aliphatic carbocycles. The second kappa shape index (κ2) is 8.14. The Morgan fingerprint density at radius 3 is 2.62 bits per heavy atom. The van der Waals surface area contributed by atoms with Gasteiger partial charge in [-0.1, -0.05) is 18.2 Å². The summed E-state index contributed by atoms with van der Waals surface area (Å²) in [5.41, 5.74) is 2.84. The molecule has 0 spiro atoms. The summed E-state index contributed by atoms with van der Waals surface area (Å²) in [6.45, 7) is 4.74. The van der Waals surface area contributed by atoms with E-state index in [1.165, 1.54) is 12.1 Å². The summed E-state index contributed by atoms with van der Waals surface area (Å²) in [5, 5.41) is 12.3. The van der Waals surface area contributed by atoms with E-state index in [0.29, 0.717) is 13.1 Å². The number of halogens is 1. The highest BCUT2D eigenvalue weighted by Gasteiger charge is 2.19. The highest BCUT2D eigenvalue weighted by Crippen LogP contribution is 2.24. The van der Waals surface area contributed by atoms with Crippen molar-refractivity contribution in [1.82, 2.24) is 20.4 Å². The van der Waals surface area contributed by atoms with Crippen molar-refractivity contribution in [2.24, 2.45) is 0 Å². The SMILES string of the molecule is Cc1cc(C)n(C(CNC(=O)NCc2ccc(F)cc2)c2cccs2)n1. The van der Waals surface area contributed by atoms with Crippen LogP contribution >= 0.6 is 11.3 Å². The molecule has 0 aliphatic rings. The number of nitrogens with one attached hydrogen (secondary N) is 2. The fourth-order valence-electron chi connectivity index (χ4n) is 2.79. The van der Waals surface area contributed by atoms with Gasteiger partial charge in [0, 0.05) is 23.7 Å². The Labute approximate surface area is 155 Å². The van der Waals surface area contributed by atoms with Crippen molar-refractivity contribution in [1.29, 1.82) is 0 Å². The van der Waals surface area contributed by atoms with Gasteiger partial charge < -0.3 is 10.6 Å². The lowest BCUT2D eigenvalue weighted by Gasteiger charge is -2.19. The molecule has 7 heteroatoms. The number of thiophene rings is 1. The van der Waals surface area contributed by atoms with Crippen LogP contribution in [0.2, 0.25) is 0 Å². The van der Waals surface area contributed by atoms with Crippen molar-refractivity contribution in [2.45, 2.75) is 26.4 Å². The Hall–Kier alpha value is -2.67. The van der Waals surface area contributed by atoms with Crippen molar-refractivity contribution in [3.05, 3.63) is 75.5 Å². The van der Waals surface area contributed by atoms with Crippen LogP contribution in [0.3, 0.4) is 0 Å². The number of amides is 2. The Morgan fingerprint density at radius 1 is 1.23 bits per heavy atom. The molecule has 0 saturated carbocycles. The van der Waals surface area contributed by atoms with Gasteiger partial charge in [0.25, 0.3) is 0 Å². The zero-order valence-electron chi connectivity index (χ0n) is 14.7. The van der Waals surface area contributed by atoms with Gasteiger partial charge in [0.15, 0.2) is 0 Å². The maximum atomic E-state index is 12.9. The van der Waals surface area contributed by atoms with E-state index in [4.69, 9.17) is 0 Å². The Morgan fingerprint density at radius 2 is 2.00 bits per heavy atom. The minimum Gasteiger partial charge on any atom is -0.336 e. The van der Waals surface area contributed by atoms with Crippen molar-refractivity contribution >= 4 is 17.4 Å². The summed E-state index contributed by atoms with van der Waals surface area (Å²) in [6, 6.07) is 11.8. The smallest absolute Gasteiger partial charge is 0.315 e. The normalized spacial score (nSPS) is 12.0. The molecule has 26 heavy (non-hydrogen) atoms. The van der Waals surface area contributed by atoms with Gasteiger partial charge in [-0.05, 0) is 49.1 Å². The van der Waals surface area contributed by atoms with E-state index in [2.05, 4.69) is 15.7 Å². The topological polar surface area (TPSA) is 59.0 Å². The molecule has 1 atom stereocenters. The molecule has 2 aromatic heterocycles. The molecule has 2 N–H and O–H groups in total. The van der Waals surface area contributed by atoms with Crippen LogP contribution in [0, 0.1) is 19.7 Å². The van der Waals surface area contributed by atoms with Crippen molar-refractivity contribution in [3.8, 4) is 0 Å². The van der Waals surface area contributed by atoms with Crippen LogP contribution in [0.25, 0.3) is 0 Å². The average molecular weight is 372 g/mol. The van der Waals surface area contributed by atoms with Gasteiger partial charge in [0.2, 0.25) is 0 Å². The van der Waals surface area contributed by atoms with Crippen LogP contribution < -0.4 is 10.6 Å². The molecule has 0 fully saturated rings. The molecule has 0 radical (unpaired) electrons. The number of urea groups is 1. The minimum absolute atomic E-state index is 0.0553. The van der Waals surface area contributed by atoms with Crippen molar-refractivity contribution < 1.29 is 9.18 Å². The highest BCUT2D eigenvalue weighted by atomic mass is 32.1. The lowest BCUT2D eigenvalue weighted by Crippen LogP contribution is -2.38. The third-order valence-electron chi connectivity index (χ3n) is 4.03. The number of nitrogens with zero attached hydrogens (tertiary/aromatic N) is 2. The first-order chi connectivity index (χ1) is 12.5. The second-order valence-electron chi connectivity index (χ2n) is 6.09. The molecule has 2 heterocycles. The number of carbonyl (C=O) groups is 1. The summed E-state index contributed by atoms with van der Waals surface area (Å²) in [5.74, 6) is -0.290. The van der Waals surface area contributed by atoms with E-state index >= 15 is 0 Å². The minimum atomic E-state index is -0.290. The Bertz CT molecular complexity index is 858. The summed E-state index contributed by atoms with van der Waals surface area (Å²) < 4.78 is 14.9. The number of rotatable bonds is 6. The number of benzene rings is 1. The zero-order chi connectivity index (χ0) is 18.5. The van der Waals surface area contributed by atoms with E-state index in [1.807, 2.05) is 42.1 Å². The van der Waals surface area contributed by atoms with E-state index < -0.39 is 0 Å². The van der Waals surface area contributed by atoms with E-state index in [1.54, 1.807) is 23.5 Å². The fraction of sp³-hybridized carbons (Fsp3) is 0.263. The third kappa shape index (κ3) is 4.49. The molecule has 3 rings (SSSR count). The van der Waals surface area contributed by atoms with Gasteiger partial charge in [-0.2, -0.15) is 5.10 Å². The molecule has 0 aliphatic heterocycles. The first-order valence-electron chi connectivity index (χ1n) is 8.35. The molecule has 136 valence electrons. The summed E-state index contributed by atoms with van der Waals surface area (Å²) in [7, 11) is 0. The number of aromatic nitrogens is 2. The molecule has 3 aromatic rings. The summed E-state index contributed by atoms with van der Waals surface area (Å²) in [4.78, 5) is 13.3. The molecule has 2 amide bonds. The van der Waals surface area contributed by atoms with Gasteiger partial charge >= 0.3 is 6.03 Å². The van der Waals surface area contributed by atoms with E-state index in [9.17, 15) is 9.18 Å². The first kappa shape index (κ1) is 18.1.